The number of rotatable bonds is 7. The normalized spacial score (nSPS) is 10.3. The summed E-state index contributed by atoms with van der Waals surface area (Å²) in [7, 11) is 4.91. The van der Waals surface area contributed by atoms with Gasteiger partial charge in [-0.2, -0.15) is 0 Å². The molecular weight excluding hydrogens is 286 g/mol. The van der Waals surface area contributed by atoms with Crippen molar-refractivity contribution in [3.63, 3.8) is 0 Å². The number of ether oxygens (including phenoxy) is 2. The third kappa shape index (κ3) is 3.56. The van der Waals surface area contributed by atoms with Crippen molar-refractivity contribution in [2.75, 3.05) is 21.3 Å². The van der Waals surface area contributed by atoms with Gasteiger partial charge in [-0.05, 0) is 13.1 Å². The van der Waals surface area contributed by atoms with Crippen molar-refractivity contribution in [3.8, 4) is 11.5 Å². The minimum Gasteiger partial charge on any atom is -0.493 e. The molecule has 0 saturated heterocycles. The molecule has 0 saturated carbocycles. The quantitative estimate of drug-likeness (QED) is 0.803. The lowest BCUT2D eigenvalue weighted by Gasteiger charge is -2.12. The molecule has 0 aliphatic rings. The number of amides is 1. The Morgan fingerprint density at radius 1 is 1.27 bits per heavy atom. The van der Waals surface area contributed by atoms with E-state index in [9.17, 15) is 4.79 Å². The van der Waals surface area contributed by atoms with Crippen molar-refractivity contribution in [2.24, 2.45) is 0 Å². The first-order valence-corrected chi connectivity index (χ1v) is 6.76. The van der Waals surface area contributed by atoms with E-state index in [0.717, 1.165) is 5.56 Å². The average molecular weight is 305 g/mol. The predicted molar refractivity (Wildman–Crippen MR) is 80.0 cm³/mol. The molecule has 2 N–H and O–H groups in total. The molecule has 22 heavy (non-hydrogen) atoms. The number of nitrogens with zero attached hydrogens (tertiary/aromatic N) is 1. The molecule has 0 atom stereocenters. The number of carbonyl (C=O) groups excluding carboxylic acids is 1. The molecule has 0 aliphatic carbocycles. The van der Waals surface area contributed by atoms with Crippen LogP contribution < -0.4 is 20.1 Å². The van der Waals surface area contributed by atoms with Crippen LogP contribution in [0.4, 0.5) is 0 Å². The van der Waals surface area contributed by atoms with Crippen molar-refractivity contribution in [2.45, 2.75) is 13.1 Å². The van der Waals surface area contributed by atoms with E-state index in [4.69, 9.17) is 13.9 Å². The maximum atomic E-state index is 12.1. The summed E-state index contributed by atoms with van der Waals surface area (Å²) in [4.78, 5) is 16.2. The number of methoxy groups -OCH3 is 2. The number of aromatic nitrogens is 1. The zero-order valence-corrected chi connectivity index (χ0v) is 12.8. The van der Waals surface area contributed by atoms with Gasteiger partial charge in [0.05, 0.1) is 20.8 Å². The Morgan fingerprint density at radius 2 is 2.09 bits per heavy atom. The second-order valence-electron chi connectivity index (χ2n) is 4.49. The molecule has 0 fully saturated rings. The topological polar surface area (TPSA) is 85.6 Å². The minimum absolute atomic E-state index is 0.243. The molecule has 1 aromatic carbocycles. The van der Waals surface area contributed by atoms with Crippen LogP contribution in [0.1, 0.15) is 21.9 Å². The van der Waals surface area contributed by atoms with Crippen molar-refractivity contribution < 1.29 is 18.7 Å². The Kier molecular flexibility index (Phi) is 5.37. The summed E-state index contributed by atoms with van der Waals surface area (Å²) in [6, 6.07) is 5.49. The van der Waals surface area contributed by atoms with Crippen molar-refractivity contribution in [1.82, 2.24) is 15.6 Å². The van der Waals surface area contributed by atoms with Crippen LogP contribution in [0.5, 0.6) is 11.5 Å². The zero-order valence-electron chi connectivity index (χ0n) is 12.8. The van der Waals surface area contributed by atoms with E-state index in [2.05, 4.69) is 15.6 Å². The first kappa shape index (κ1) is 15.8. The van der Waals surface area contributed by atoms with E-state index in [1.807, 2.05) is 12.1 Å². The maximum absolute atomic E-state index is 12.1. The van der Waals surface area contributed by atoms with Gasteiger partial charge in [0.15, 0.2) is 17.2 Å². The van der Waals surface area contributed by atoms with Crippen molar-refractivity contribution in [1.29, 1.82) is 0 Å². The molecule has 0 unspecified atom stereocenters. The monoisotopic (exact) mass is 305 g/mol. The smallest absolute Gasteiger partial charge is 0.273 e. The Labute approximate surface area is 128 Å². The maximum Gasteiger partial charge on any atom is 0.273 e. The van der Waals surface area contributed by atoms with E-state index in [1.54, 1.807) is 27.3 Å². The number of benzene rings is 1. The summed E-state index contributed by atoms with van der Waals surface area (Å²) in [5.74, 6) is 1.37. The summed E-state index contributed by atoms with van der Waals surface area (Å²) in [5, 5.41) is 5.68. The van der Waals surface area contributed by atoms with Gasteiger partial charge in [0.2, 0.25) is 5.89 Å². The van der Waals surface area contributed by atoms with Gasteiger partial charge in [-0.1, -0.05) is 12.1 Å². The first-order chi connectivity index (χ1) is 10.7. The summed E-state index contributed by atoms with van der Waals surface area (Å²) in [6.45, 7) is 0.768. The zero-order chi connectivity index (χ0) is 15.9. The van der Waals surface area contributed by atoms with E-state index >= 15 is 0 Å². The van der Waals surface area contributed by atoms with Crippen LogP contribution in [0.3, 0.4) is 0 Å². The Bertz CT molecular complexity index is 639. The van der Waals surface area contributed by atoms with Crippen LogP contribution in [0.25, 0.3) is 0 Å². The lowest BCUT2D eigenvalue weighted by molar-refractivity contribution is 0.0945. The second-order valence-corrected chi connectivity index (χ2v) is 4.49. The molecule has 1 amide bonds. The summed E-state index contributed by atoms with van der Waals surface area (Å²) < 4.78 is 15.7. The summed E-state index contributed by atoms with van der Waals surface area (Å²) in [6.07, 6.45) is 1.34. The number of para-hydroxylation sites is 1. The Morgan fingerprint density at radius 3 is 2.77 bits per heavy atom. The number of nitrogens with one attached hydrogen (secondary N) is 2. The predicted octanol–water partition coefficient (Wildman–Crippen LogP) is 1.34. The van der Waals surface area contributed by atoms with Gasteiger partial charge in [-0.15, -0.1) is 0 Å². The van der Waals surface area contributed by atoms with Crippen LogP contribution in [-0.2, 0) is 13.1 Å². The molecule has 0 bridgehead atoms. The number of hydrogen-bond donors (Lipinski definition) is 2. The van der Waals surface area contributed by atoms with E-state index in [1.165, 1.54) is 6.26 Å². The fourth-order valence-electron chi connectivity index (χ4n) is 2.01. The average Bonchev–Trinajstić information content (AvgIpc) is 3.01. The number of carbonyl (C=O) groups is 1. The van der Waals surface area contributed by atoms with Gasteiger partial charge in [0.1, 0.15) is 6.26 Å². The third-order valence-corrected chi connectivity index (χ3v) is 3.04. The minimum atomic E-state index is -0.309. The van der Waals surface area contributed by atoms with Gasteiger partial charge in [-0.25, -0.2) is 4.98 Å². The van der Waals surface area contributed by atoms with Gasteiger partial charge in [0, 0.05) is 12.1 Å². The lowest BCUT2D eigenvalue weighted by atomic mass is 10.2. The van der Waals surface area contributed by atoms with E-state index < -0.39 is 0 Å². The number of hydrogen-bond acceptors (Lipinski definition) is 6. The van der Waals surface area contributed by atoms with Gasteiger partial charge in [0.25, 0.3) is 5.91 Å². The summed E-state index contributed by atoms with van der Waals surface area (Å²) in [5.41, 5.74) is 1.06. The largest absolute Gasteiger partial charge is 0.493 e. The van der Waals surface area contributed by atoms with Crippen molar-refractivity contribution >= 4 is 5.91 Å². The highest BCUT2D eigenvalue weighted by Gasteiger charge is 2.14. The van der Waals surface area contributed by atoms with Gasteiger partial charge < -0.3 is 24.5 Å². The Balaban J connectivity index is 2.04. The van der Waals surface area contributed by atoms with Crippen LogP contribution in [0.15, 0.2) is 28.9 Å². The fourth-order valence-corrected chi connectivity index (χ4v) is 2.01. The van der Waals surface area contributed by atoms with Crippen LogP contribution in [0, 0.1) is 0 Å². The molecule has 118 valence electrons. The molecule has 0 radical (unpaired) electrons. The lowest BCUT2D eigenvalue weighted by Crippen LogP contribution is -2.23. The van der Waals surface area contributed by atoms with Crippen LogP contribution in [-0.4, -0.2) is 32.2 Å². The third-order valence-electron chi connectivity index (χ3n) is 3.04. The molecule has 7 nitrogen and oxygen atoms in total. The molecule has 1 aromatic heterocycles. The fraction of sp³-hybridized carbons (Fsp3) is 0.333. The molecule has 2 aromatic rings. The molecule has 7 heteroatoms. The Hall–Kier alpha value is -2.54. The molecule has 0 aliphatic heterocycles. The standard InChI is InChI=1S/C15H19N3O4/c1-16-8-13-18-11(9-22-13)15(19)17-7-10-5-4-6-12(20-2)14(10)21-3/h4-6,9,16H,7-8H2,1-3H3,(H,17,19). The molecule has 0 spiro atoms. The number of oxazole rings is 1. The van der Waals surface area contributed by atoms with Gasteiger partial charge in [-0.3, -0.25) is 4.79 Å². The molecular formula is C15H19N3O4. The first-order valence-electron chi connectivity index (χ1n) is 6.76. The van der Waals surface area contributed by atoms with Crippen LogP contribution >= 0.6 is 0 Å². The highest BCUT2D eigenvalue weighted by atomic mass is 16.5. The van der Waals surface area contributed by atoms with Crippen LogP contribution in [0.2, 0.25) is 0 Å². The SMILES string of the molecule is CNCc1nc(C(=O)NCc2cccc(OC)c2OC)co1. The second kappa shape index (κ2) is 7.46. The highest BCUT2D eigenvalue weighted by molar-refractivity contribution is 5.91. The van der Waals surface area contributed by atoms with Gasteiger partial charge >= 0.3 is 0 Å². The summed E-state index contributed by atoms with van der Waals surface area (Å²) >= 11 is 0. The van der Waals surface area contributed by atoms with E-state index in [-0.39, 0.29) is 11.6 Å². The van der Waals surface area contributed by atoms with Crippen molar-refractivity contribution in [3.05, 3.63) is 41.6 Å². The molecule has 1 heterocycles. The highest BCUT2D eigenvalue weighted by Crippen LogP contribution is 2.30. The molecule has 2 rings (SSSR count). The van der Waals surface area contributed by atoms with E-state index in [0.29, 0.717) is 30.5 Å².